The fourth-order valence-electron chi connectivity index (χ4n) is 2.06. The van der Waals surface area contributed by atoms with Crippen molar-refractivity contribution in [2.24, 2.45) is 16.4 Å². The minimum absolute atomic E-state index is 0.186. The van der Waals surface area contributed by atoms with Gasteiger partial charge in [-0.15, -0.1) is 0 Å². The number of hydrogen-bond acceptors (Lipinski definition) is 2. The van der Waals surface area contributed by atoms with Gasteiger partial charge in [0.25, 0.3) is 0 Å². The molecule has 2 heteroatoms. The van der Waals surface area contributed by atoms with Gasteiger partial charge in [0.05, 0.1) is 5.70 Å². The Hall–Kier alpha value is -1.31. The fraction of sp³-hybridized carbons (Fsp3) is 0.533. The van der Waals surface area contributed by atoms with Gasteiger partial charge in [0.1, 0.15) is 0 Å². The van der Waals surface area contributed by atoms with Gasteiger partial charge in [-0.3, -0.25) is 5.01 Å². The smallest absolute Gasteiger partial charge is 0.0591 e. The zero-order chi connectivity index (χ0) is 12.3. The van der Waals surface area contributed by atoms with Crippen molar-refractivity contribution in [2.75, 3.05) is 6.54 Å². The van der Waals surface area contributed by atoms with Crippen LogP contribution in [0.1, 0.15) is 33.6 Å². The van der Waals surface area contributed by atoms with Crippen LogP contribution in [0.5, 0.6) is 0 Å². The molecule has 0 spiro atoms. The van der Waals surface area contributed by atoms with Crippen molar-refractivity contribution in [3.63, 3.8) is 0 Å². The predicted octanol–water partition coefficient (Wildman–Crippen LogP) is 3.74. The number of rotatable bonds is 3. The largest absolute Gasteiger partial charge is 0.265 e. The monoisotopic (exact) mass is 230 g/mol. The highest BCUT2D eigenvalue weighted by atomic mass is 15.5. The van der Waals surface area contributed by atoms with E-state index >= 15 is 0 Å². The molecule has 0 saturated carbocycles. The summed E-state index contributed by atoms with van der Waals surface area (Å²) in [7, 11) is 0. The van der Waals surface area contributed by atoms with Crippen LogP contribution in [0, 0.1) is 11.3 Å². The quantitative estimate of drug-likeness (QED) is 0.721. The average Bonchev–Trinajstić information content (AvgIpc) is 2.74. The van der Waals surface area contributed by atoms with E-state index in [1.807, 2.05) is 0 Å². The molecule has 2 rings (SSSR count). The first-order valence-corrected chi connectivity index (χ1v) is 6.57. The first-order chi connectivity index (χ1) is 8.17. The lowest BCUT2D eigenvalue weighted by atomic mass is 9.87. The molecular weight excluding hydrogens is 208 g/mol. The molecule has 0 radical (unpaired) electrons. The van der Waals surface area contributed by atoms with Gasteiger partial charge < -0.3 is 0 Å². The zero-order valence-corrected chi connectivity index (χ0v) is 11.1. The minimum atomic E-state index is 0.186. The summed E-state index contributed by atoms with van der Waals surface area (Å²) in [5.74, 6) is 0.606. The maximum atomic E-state index is 4.48. The van der Waals surface area contributed by atoms with Crippen LogP contribution in [0.3, 0.4) is 0 Å². The summed E-state index contributed by atoms with van der Waals surface area (Å²) in [6.45, 7) is 7.72. The molecule has 2 nitrogen and oxygen atoms in total. The van der Waals surface area contributed by atoms with Gasteiger partial charge in [0.2, 0.25) is 0 Å². The summed E-state index contributed by atoms with van der Waals surface area (Å²) < 4.78 is 0. The van der Waals surface area contributed by atoms with E-state index in [0.29, 0.717) is 5.92 Å². The molecule has 2 unspecified atom stereocenters. The molecule has 0 aromatic carbocycles. The third kappa shape index (κ3) is 2.68. The Morgan fingerprint density at radius 3 is 2.88 bits per heavy atom. The van der Waals surface area contributed by atoms with Crippen molar-refractivity contribution >= 4 is 6.21 Å². The summed E-state index contributed by atoms with van der Waals surface area (Å²) in [6, 6.07) is 0. The summed E-state index contributed by atoms with van der Waals surface area (Å²) in [4.78, 5) is 0. The van der Waals surface area contributed by atoms with E-state index in [4.69, 9.17) is 0 Å². The third-order valence-corrected chi connectivity index (χ3v) is 3.79. The molecule has 0 saturated heterocycles. The Bertz CT molecular complexity index is 390. The van der Waals surface area contributed by atoms with Crippen molar-refractivity contribution in [3.05, 3.63) is 36.1 Å². The highest BCUT2D eigenvalue weighted by Gasteiger charge is 2.20. The van der Waals surface area contributed by atoms with Crippen molar-refractivity contribution in [3.8, 4) is 0 Å². The second kappa shape index (κ2) is 4.91. The molecule has 0 fully saturated rings. The summed E-state index contributed by atoms with van der Waals surface area (Å²) in [6.07, 6.45) is 15.5. The Labute approximate surface area is 104 Å². The lowest BCUT2D eigenvalue weighted by Crippen LogP contribution is -2.16. The molecule has 1 aliphatic carbocycles. The second-order valence-electron chi connectivity index (χ2n) is 5.16. The summed E-state index contributed by atoms with van der Waals surface area (Å²) in [5, 5.41) is 6.59. The topological polar surface area (TPSA) is 15.6 Å². The van der Waals surface area contributed by atoms with E-state index in [1.54, 1.807) is 0 Å². The van der Waals surface area contributed by atoms with Crippen molar-refractivity contribution in [1.82, 2.24) is 5.01 Å². The number of nitrogens with zero attached hydrogens (tertiary/aromatic N) is 2. The normalized spacial score (nSPS) is 31.8. The van der Waals surface area contributed by atoms with E-state index in [1.165, 1.54) is 12.1 Å². The van der Waals surface area contributed by atoms with Crippen LogP contribution in [0.4, 0.5) is 0 Å². The van der Waals surface area contributed by atoms with Gasteiger partial charge in [-0.1, -0.05) is 39.0 Å². The van der Waals surface area contributed by atoms with Crippen molar-refractivity contribution in [2.45, 2.75) is 33.6 Å². The van der Waals surface area contributed by atoms with Crippen LogP contribution < -0.4 is 0 Å². The van der Waals surface area contributed by atoms with Gasteiger partial charge in [0, 0.05) is 24.1 Å². The van der Waals surface area contributed by atoms with E-state index in [9.17, 15) is 0 Å². The van der Waals surface area contributed by atoms with E-state index in [0.717, 1.165) is 13.0 Å². The standard InChI is InChI=1S/C15H22N2/c1-4-13-11-16-17(12-13)14-7-6-9-15(3,5-2)10-8-14/h6-11,13H,4-5,12H2,1-3H3. The van der Waals surface area contributed by atoms with E-state index in [2.05, 4.69) is 67.5 Å². The van der Waals surface area contributed by atoms with E-state index in [-0.39, 0.29) is 5.41 Å². The Morgan fingerprint density at radius 2 is 2.24 bits per heavy atom. The molecule has 1 aliphatic heterocycles. The zero-order valence-electron chi connectivity index (χ0n) is 11.1. The van der Waals surface area contributed by atoms with Crippen LogP contribution in [0.15, 0.2) is 41.2 Å². The first-order valence-electron chi connectivity index (χ1n) is 6.57. The molecular formula is C15H22N2. The van der Waals surface area contributed by atoms with Gasteiger partial charge in [0.15, 0.2) is 0 Å². The molecule has 0 amide bonds. The highest BCUT2D eigenvalue weighted by molar-refractivity contribution is 5.63. The molecule has 2 aliphatic rings. The lowest BCUT2D eigenvalue weighted by molar-refractivity contribution is 0.377. The molecule has 17 heavy (non-hydrogen) atoms. The molecule has 0 aromatic rings. The predicted molar refractivity (Wildman–Crippen MR) is 73.7 cm³/mol. The number of hydrogen-bond donors (Lipinski definition) is 0. The maximum absolute atomic E-state index is 4.48. The third-order valence-electron chi connectivity index (χ3n) is 3.79. The Kier molecular flexibility index (Phi) is 3.51. The van der Waals surface area contributed by atoms with Gasteiger partial charge in [-0.25, -0.2) is 0 Å². The van der Waals surface area contributed by atoms with Gasteiger partial charge >= 0.3 is 0 Å². The minimum Gasteiger partial charge on any atom is -0.265 e. The molecule has 0 aromatic heterocycles. The van der Waals surface area contributed by atoms with Gasteiger partial charge in [-0.2, -0.15) is 5.10 Å². The first kappa shape index (κ1) is 12.2. The number of allylic oxidation sites excluding steroid dienone is 5. The van der Waals surface area contributed by atoms with Crippen LogP contribution >= 0.6 is 0 Å². The highest BCUT2D eigenvalue weighted by Crippen LogP contribution is 2.29. The van der Waals surface area contributed by atoms with Crippen molar-refractivity contribution < 1.29 is 0 Å². The molecule has 0 N–H and O–H groups in total. The fourth-order valence-corrected chi connectivity index (χ4v) is 2.06. The average molecular weight is 230 g/mol. The Balaban J connectivity index is 2.10. The number of hydrazone groups is 1. The lowest BCUT2D eigenvalue weighted by Gasteiger charge is -2.19. The summed E-state index contributed by atoms with van der Waals surface area (Å²) >= 11 is 0. The molecule has 1 heterocycles. The molecule has 92 valence electrons. The Morgan fingerprint density at radius 1 is 1.41 bits per heavy atom. The van der Waals surface area contributed by atoms with Crippen LogP contribution in [0.25, 0.3) is 0 Å². The summed E-state index contributed by atoms with van der Waals surface area (Å²) in [5.41, 5.74) is 1.39. The SMILES string of the molecule is CCC1C=NN(C2=CC=CC(C)(CC)C=C2)C1. The van der Waals surface area contributed by atoms with Crippen LogP contribution in [-0.4, -0.2) is 17.8 Å². The molecule has 2 atom stereocenters. The van der Waals surface area contributed by atoms with Crippen molar-refractivity contribution in [1.29, 1.82) is 0 Å². The second-order valence-corrected chi connectivity index (χ2v) is 5.16. The molecule has 0 bridgehead atoms. The van der Waals surface area contributed by atoms with Gasteiger partial charge in [-0.05, 0) is 25.0 Å². The van der Waals surface area contributed by atoms with Crippen LogP contribution in [0.2, 0.25) is 0 Å². The maximum Gasteiger partial charge on any atom is 0.0591 e. The van der Waals surface area contributed by atoms with E-state index < -0.39 is 0 Å². The van der Waals surface area contributed by atoms with Crippen LogP contribution in [-0.2, 0) is 0 Å².